The summed E-state index contributed by atoms with van der Waals surface area (Å²) in [6.07, 6.45) is 0. The van der Waals surface area contributed by atoms with Crippen molar-refractivity contribution < 1.29 is 4.57 Å². The number of hydrazine groups is 1. The number of thiocarbonyl (C=S) groups is 1. The van der Waals surface area contributed by atoms with Gasteiger partial charge in [-0.15, -0.1) is 0 Å². The molecular weight excluding hydrogens is 349 g/mol. The van der Waals surface area contributed by atoms with Crippen molar-refractivity contribution in [2.45, 2.75) is 0 Å². The molecule has 0 unspecified atom stereocenters. The van der Waals surface area contributed by atoms with Gasteiger partial charge in [0.05, 0.1) is 0 Å². The van der Waals surface area contributed by atoms with E-state index in [1.165, 1.54) is 0 Å². The molecule has 3 rings (SSSR count). The van der Waals surface area contributed by atoms with Crippen LogP contribution >= 0.6 is 19.5 Å². The van der Waals surface area contributed by atoms with Gasteiger partial charge in [0, 0.05) is 16.3 Å². The van der Waals surface area contributed by atoms with Crippen LogP contribution in [0.1, 0.15) is 0 Å². The molecule has 0 heterocycles. The summed E-state index contributed by atoms with van der Waals surface area (Å²) in [5, 5.41) is 7.76. The van der Waals surface area contributed by atoms with Crippen LogP contribution < -0.4 is 26.5 Å². The second kappa shape index (κ2) is 8.08. The smallest absolute Gasteiger partial charge is 0.221 e. The van der Waals surface area contributed by atoms with Crippen molar-refractivity contribution in [3.05, 3.63) is 91.0 Å². The first kappa shape index (κ1) is 17.4. The second-order valence-corrected chi connectivity index (χ2v) is 8.22. The van der Waals surface area contributed by atoms with Crippen molar-refractivity contribution in [1.82, 2.24) is 10.6 Å². The molecule has 3 N–H and O–H groups in total. The molecule has 0 saturated carbocycles. The highest BCUT2D eigenvalue weighted by Crippen LogP contribution is 2.37. The fraction of sp³-hybridized carbons (Fsp3) is 0. The van der Waals surface area contributed by atoms with E-state index < -0.39 is 7.29 Å². The van der Waals surface area contributed by atoms with Crippen LogP contribution in [0.25, 0.3) is 0 Å². The van der Waals surface area contributed by atoms with Gasteiger partial charge in [-0.25, -0.2) is 0 Å². The predicted molar refractivity (Wildman–Crippen MR) is 109 cm³/mol. The number of rotatable bonds is 5. The highest BCUT2D eigenvalue weighted by molar-refractivity contribution is 7.80. The number of nitrogens with one attached hydrogen (secondary N) is 3. The van der Waals surface area contributed by atoms with E-state index in [2.05, 4.69) is 15.9 Å². The van der Waals surface area contributed by atoms with Gasteiger partial charge in [-0.1, -0.05) is 54.6 Å². The average molecular weight is 367 g/mol. The summed E-state index contributed by atoms with van der Waals surface area (Å²) in [5.41, 5.74) is 3.73. The predicted octanol–water partition coefficient (Wildman–Crippen LogP) is 3.41. The standard InChI is InChI=1S/C19H18N3OPS/c23-24(17-12-6-2-7-13-17,18-14-8-3-9-15-18)22-21-19(25)20-16-10-4-1-5-11-16/h1-15H,(H,22,23)(H2,20,21,25). The largest absolute Gasteiger partial charge is 0.332 e. The molecule has 0 aromatic heterocycles. The van der Waals surface area contributed by atoms with Crippen LogP contribution in [0.15, 0.2) is 91.0 Å². The fourth-order valence-corrected chi connectivity index (χ4v) is 4.62. The molecule has 0 fully saturated rings. The van der Waals surface area contributed by atoms with Gasteiger partial charge >= 0.3 is 0 Å². The highest BCUT2D eigenvalue weighted by atomic mass is 32.1. The molecule has 0 aliphatic carbocycles. The van der Waals surface area contributed by atoms with Crippen LogP contribution in [0, 0.1) is 0 Å². The summed E-state index contributed by atoms with van der Waals surface area (Å²) in [6.45, 7) is 0. The maximum absolute atomic E-state index is 13.7. The van der Waals surface area contributed by atoms with Gasteiger partial charge in [-0.05, 0) is 48.6 Å². The summed E-state index contributed by atoms with van der Waals surface area (Å²) in [6, 6.07) is 28.2. The SMILES string of the molecule is O=P(NNC(=S)Nc1ccccc1)(c1ccccc1)c1ccccc1. The lowest BCUT2D eigenvalue weighted by Gasteiger charge is -2.22. The monoisotopic (exact) mass is 367 g/mol. The van der Waals surface area contributed by atoms with Crippen LogP contribution in [0.4, 0.5) is 5.69 Å². The quantitative estimate of drug-likeness (QED) is 0.367. The normalized spacial score (nSPS) is 10.9. The van der Waals surface area contributed by atoms with Crippen molar-refractivity contribution in [1.29, 1.82) is 0 Å². The van der Waals surface area contributed by atoms with Crippen LogP contribution in [0.2, 0.25) is 0 Å². The van der Waals surface area contributed by atoms with Gasteiger partial charge in [-0.3, -0.25) is 9.99 Å². The van der Waals surface area contributed by atoms with E-state index in [1.807, 2.05) is 91.0 Å². The first-order chi connectivity index (χ1) is 12.2. The third-order valence-corrected chi connectivity index (χ3v) is 6.28. The Morgan fingerprint density at radius 3 is 1.64 bits per heavy atom. The Morgan fingerprint density at radius 1 is 0.720 bits per heavy atom. The number of benzene rings is 3. The molecular formula is C19H18N3OPS. The molecule has 0 aliphatic heterocycles. The van der Waals surface area contributed by atoms with E-state index in [4.69, 9.17) is 12.2 Å². The molecule has 0 spiro atoms. The van der Waals surface area contributed by atoms with E-state index in [0.29, 0.717) is 15.7 Å². The van der Waals surface area contributed by atoms with Crippen molar-refractivity contribution in [3.63, 3.8) is 0 Å². The van der Waals surface area contributed by atoms with E-state index in [1.54, 1.807) is 0 Å². The zero-order valence-electron chi connectivity index (χ0n) is 13.4. The minimum absolute atomic E-state index is 0.346. The molecule has 4 nitrogen and oxygen atoms in total. The molecule has 3 aromatic carbocycles. The van der Waals surface area contributed by atoms with E-state index in [9.17, 15) is 4.57 Å². The third-order valence-electron chi connectivity index (χ3n) is 3.60. The second-order valence-electron chi connectivity index (χ2n) is 5.34. The van der Waals surface area contributed by atoms with Crippen molar-refractivity contribution >= 4 is 40.9 Å². The summed E-state index contributed by atoms with van der Waals surface area (Å²) in [7, 11) is -3.07. The van der Waals surface area contributed by atoms with E-state index in [-0.39, 0.29) is 0 Å². The van der Waals surface area contributed by atoms with Crippen LogP contribution in [-0.2, 0) is 4.57 Å². The minimum atomic E-state index is -3.07. The maximum Gasteiger partial charge on any atom is 0.221 e. The van der Waals surface area contributed by atoms with Gasteiger partial charge < -0.3 is 5.32 Å². The average Bonchev–Trinajstić information content (AvgIpc) is 2.68. The Morgan fingerprint density at radius 2 is 1.16 bits per heavy atom. The maximum atomic E-state index is 13.7. The zero-order chi connectivity index (χ0) is 17.5. The van der Waals surface area contributed by atoms with Gasteiger partial charge in [0.25, 0.3) is 0 Å². The van der Waals surface area contributed by atoms with Gasteiger partial charge in [0.15, 0.2) is 5.11 Å². The lowest BCUT2D eigenvalue weighted by Crippen LogP contribution is -2.42. The first-order valence-electron chi connectivity index (χ1n) is 7.79. The topological polar surface area (TPSA) is 53.2 Å². The summed E-state index contributed by atoms with van der Waals surface area (Å²) in [4.78, 5) is 0. The minimum Gasteiger partial charge on any atom is -0.332 e. The van der Waals surface area contributed by atoms with Crippen molar-refractivity contribution in [2.24, 2.45) is 0 Å². The number of hydrogen-bond acceptors (Lipinski definition) is 2. The summed E-state index contributed by atoms with van der Waals surface area (Å²) in [5.74, 6) is 0. The highest BCUT2D eigenvalue weighted by Gasteiger charge is 2.27. The molecule has 0 radical (unpaired) electrons. The van der Waals surface area contributed by atoms with Crippen molar-refractivity contribution in [3.8, 4) is 0 Å². The van der Waals surface area contributed by atoms with E-state index >= 15 is 0 Å². The summed E-state index contributed by atoms with van der Waals surface area (Å²) >= 11 is 5.30. The van der Waals surface area contributed by atoms with Gasteiger partial charge in [0.1, 0.15) is 0 Å². The number of anilines is 1. The van der Waals surface area contributed by atoms with Crippen molar-refractivity contribution in [2.75, 3.05) is 5.32 Å². The lowest BCUT2D eigenvalue weighted by molar-refractivity contribution is 0.575. The summed E-state index contributed by atoms with van der Waals surface area (Å²) < 4.78 is 13.7. The van der Waals surface area contributed by atoms with Gasteiger partial charge in [0.2, 0.25) is 7.29 Å². The number of para-hydroxylation sites is 1. The Hall–Kier alpha value is -2.46. The molecule has 25 heavy (non-hydrogen) atoms. The fourth-order valence-electron chi connectivity index (χ4n) is 2.37. The van der Waals surface area contributed by atoms with Crippen LogP contribution in [0.3, 0.4) is 0 Å². The van der Waals surface area contributed by atoms with E-state index in [0.717, 1.165) is 5.69 Å². The molecule has 0 saturated heterocycles. The molecule has 0 atom stereocenters. The van der Waals surface area contributed by atoms with Crippen LogP contribution in [0.5, 0.6) is 0 Å². The molecule has 0 bridgehead atoms. The molecule has 126 valence electrons. The Kier molecular flexibility index (Phi) is 5.61. The Balaban J connectivity index is 1.79. The third kappa shape index (κ3) is 4.34. The Labute approximate surface area is 152 Å². The van der Waals surface area contributed by atoms with Gasteiger partial charge in [-0.2, -0.15) is 5.20 Å². The zero-order valence-corrected chi connectivity index (χ0v) is 15.1. The molecule has 0 amide bonds. The molecule has 3 aromatic rings. The lowest BCUT2D eigenvalue weighted by atomic mass is 10.3. The number of hydrogen-bond donors (Lipinski definition) is 3. The Bertz CT molecular complexity index is 829. The van der Waals surface area contributed by atoms with Crippen LogP contribution in [-0.4, -0.2) is 5.11 Å². The molecule has 6 heteroatoms. The molecule has 0 aliphatic rings. The first-order valence-corrected chi connectivity index (χ1v) is 9.90.